The molecule has 6 heteroatoms. The van der Waals surface area contributed by atoms with Crippen molar-refractivity contribution in [3.05, 3.63) is 53.9 Å². The molecule has 0 fully saturated rings. The number of aromatic nitrogens is 4. The van der Waals surface area contributed by atoms with Crippen molar-refractivity contribution >= 4 is 11.5 Å². The maximum Gasteiger partial charge on any atom is 0.203 e. The molecule has 0 saturated carbocycles. The summed E-state index contributed by atoms with van der Waals surface area (Å²) in [6.07, 6.45) is 5.05. The number of aryl methyl sites for hydroxylation is 1. The van der Waals surface area contributed by atoms with Crippen molar-refractivity contribution < 1.29 is 4.39 Å². The predicted octanol–water partition coefficient (Wildman–Crippen LogP) is 2.74. The number of halogens is 1. The molecule has 20 heavy (non-hydrogen) atoms. The van der Waals surface area contributed by atoms with Crippen molar-refractivity contribution in [3.8, 4) is 0 Å². The molecular formula is C14H14FN5. The fourth-order valence-corrected chi connectivity index (χ4v) is 2.03. The van der Waals surface area contributed by atoms with Gasteiger partial charge in [-0.05, 0) is 31.0 Å². The van der Waals surface area contributed by atoms with Crippen molar-refractivity contribution in [1.29, 1.82) is 0 Å². The Morgan fingerprint density at radius 3 is 3.00 bits per heavy atom. The highest BCUT2D eigenvalue weighted by Gasteiger charge is 2.11. The van der Waals surface area contributed by atoms with Gasteiger partial charge in [-0.15, -0.1) is 10.2 Å². The van der Waals surface area contributed by atoms with Crippen LogP contribution in [0.1, 0.15) is 24.1 Å². The topological polar surface area (TPSA) is 55.1 Å². The number of nitrogens with one attached hydrogen (secondary N) is 1. The molecule has 0 radical (unpaired) electrons. The fraction of sp³-hybridized carbons (Fsp3) is 0.214. The summed E-state index contributed by atoms with van der Waals surface area (Å²) in [7, 11) is 0. The van der Waals surface area contributed by atoms with E-state index in [1.54, 1.807) is 36.1 Å². The Morgan fingerprint density at radius 1 is 1.35 bits per heavy atom. The first-order chi connectivity index (χ1) is 9.65. The van der Waals surface area contributed by atoms with Gasteiger partial charge in [0.15, 0.2) is 5.82 Å². The van der Waals surface area contributed by atoms with Gasteiger partial charge in [-0.3, -0.25) is 4.40 Å². The van der Waals surface area contributed by atoms with E-state index in [4.69, 9.17) is 0 Å². The molecule has 3 rings (SSSR count). The van der Waals surface area contributed by atoms with Gasteiger partial charge in [-0.25, -0.2) is 9.37 Å². The molecule has 0 saturated heterocycles. The van der Waals surface area contributed by atoms with Crippen molar-refractivity contribution in [2.24, 2.45) is 0 Å². The molecule has 0 amide bonds. The Labute approximate surface area is 115 Å². The molecule has 0 bridgehead atoms. The second-order valence-corrected chi connectivity index (χ2v) is 4.71. The van der Waals surface area contributed by atoms with E-state index in [9.17, 15) is 4.39 Å². The lowest BCUT2D eigenvalue weighted by Gasteiger charge is -2.15. The Kier molecular flexibility index (Phi) is 3.06. The number of nitrogens with zero attached hydrogens (tertiary/aromatic N) is 4. The average Bonchev–Trinajstić information content (AvgIpc) is 2.91. The van der Waals surface area contributed by atoms with Gasteiger partial charge < -0.3 is 5.32 Å². The minimum absolute atomic E-state index is 0.0829. The second-order valence-electron chi connectivity index (χ2n) is 4.71. The van der Waals surface area contributed by atoms with Crippen LogP contribution in [-0.2, 0) is 0 Å². The molecule has 0 aliphatic carbocycles. The first kappa shape index (κ1) is 12.5. The summed E-state index contributed by atoms with van der Waals surface area (Å²) in [6.45, 7) is 3.70. The second kappa shape index (κ2) is 4.88. The molecule has 2 heterocycles. The highest BCUT2D eigenvalue weighted by atomic mass is 19.1. The van der Waals surface area contributed by atoms with Crippen LogP contribution in [0.25, 0.3) is 5.65 Å². The summed E-state index contributed by atoms with van der Waals surface area (Å²) in [6, 6.07) is 5.13. The maximum atomic E-state index is 13.6. The van der Waals surface area contributed by atoms with Crippen molar-refractivity contribution in [2.45, 2.75) is 19.9 Å². The number of benzene rings is 1. The van der Waals surface area contributed by atoms with Crippen LogP contribution >= 0.6 is 0 Å². The van der Waals surface area contributed by atoms with Gasteiger partial charge >= 0.3 is 0 Å². The van der Waals surface area contributed by atoms with Crippen LogP contribution in [0, 0.1) is 12.7 Å². The largest absolute Gasteiger partial charge is 0.360 e. The number of hydrogen-bond acceptors (Lipinski definition) is 4. The molecule has 0 spiro atoms. The third kappa shape index (κ3) is 2.20. The third-order valence-electron chi connectivity index (χ3n) is 3.26. The first-order valence-electron chi connectivity index (χ1n) is 6.32. The van der Waals surface area contributed by atoms with Crippen LogP contribution in [0.2, 0.25) is 0 Å². The molecule has 0 aliphatic rings. The minimum Gasteiger partial charge on any atom is -0.360 e. The molecule has 1 atom stereocenters. The van der Waals surface area contributed by atoms with Gasteiger partial charge in [-0.1, -0.05) is 12.1 Å². The zero-order valence-corrected chi connectivity index (χ0v) is 11.2. The van der Waals surface area contributed by atoms with Gasteiger partial charge in [0.2, 0.25) is 5.65 Å². The average molecular weight is 271 g/mol. The molecule has 102 valence electrons. The Balaban J connectivity index is 1.90. The molecule has 1 N–H and O–H groups in total. The lowest BCUT2D eigenvalue weighted by molar-refractivity contribution is 0.614. The summed E-state index contributed by atoms with van der Waals surface area (Å²) < 4.78 is 15.4. The Morgan fingerprint density at radius 2 is 2.20 bits per heavy atom. The molecule has 3 aromatic rings. The molecule has 1 aromatic carbocycles. The molecule has 2 aromatic heterocycles. The molecule has 1 unspecified atom stereocenters. The lowest BCUT2D eigenvalue weighted by Crippen LogP contribution is -2.09. The summed E-state index contributed by atoms with van der Waals surface area (Å²) in [5, 5.41) is 11.1. The fourth-order valence-electron chi connectivity index (χ4n) is 2.03. The van der Waals surface area contributed by atoms with Gasteiger partial charge in [0, 0.05) is 12.4 Å². The van der Waals surface area contributed by atoms with Crippen molar-refractivity contribution in [3.63, 3.8) is 0 Å². The summed E-state index contributed by atoms with van der Waals surface area (Å²) in [4.78, 5) is 4.26. The van der Waals surface area contributed by atoms with E-state index in [0.29, 0.717) is 17.0 Å². The van der Waals surface area contributed by atoms with Gasteiger partial charge in [0.1, 0.15) is 12.1 Å². The zero-order valence-electron chi connectivity index (χ0n) is 11.2. The highest BCUT2D eigenvalue weighted by molar-refractivity contribution is 5.62. The molecule has 5 nitrogen and oxygen atoms in total. The molecule has 0 aliphatic heterocycles. The highest BCUT2D eigenvalue weighted by Crippen LogP contribution is 2.21. The normalized spacial score (nSPS) is 12.6. The quantitative estimate of drug-likeness (QED) is 0.795. The smallest absolute Gasteiger partial charge is 0.203 e. The number of hydrogen-bond donors (Lipinski definition) is 1. The Hall–Kier alpha value is -2.50. The predicted molar refractivity (Wildman–Crippen MR) is 74.0 cm³/mol. The lowest BCUT2D eigenvalue weighted by atomic mass is 10.1. The zero-order chi connectivity index (χ0) is 14.1. The van der Waals surface area contributed by atoms with E-state index in [1.165, 1.54) is 6.07 Å². The van der Waals surface area contributed by atoms with E-state index in [-0.39, 0.29) is 11.9 Å². The van der Waals surface area contributed by atoms with Crippen LogP contribution in [0.15, 0.2) is 36.9 Å². The van der Waals surface area contributed by atoms with Gasteiger partial charge in [-0.2, -0.15) is 0 Å². The number of rotatable bonds is 3. The van der Waals surface area contributed by atoms with E-state index in [0.717, 1.165) is 5.56 Å². The summed E-state index contributed by atoms with van der Waals surface area (Å²) in [5.41, 5.74) is 2.14. The van der Waals surface area contributed by atoms with E-state index in [2.05, 4.69) is 20.5 Å². The van der Waals surface area contributed by atoms with Gasteiger partial charge in [0.05, 0.1) is 6.04 Å². The standard InChI is InChI=1S/C14H14FN5/c1-9-3-4-11(7-12(9)15)10(2)18-13-14-19-17-8-20(14)6-5-16-13/h3-8,10H,1-2H3,(H,16,18). The van der Waals surface area contributed by atoms with Crippen LogP contribution in [0.5, 0.6) is 0 Å². The van der Waals surface area contributed by atoms with Crippen LogP contribution < -0.4 is 5.32 Å². The number of fused-ring (bicyclic) bond motifs is 1. The Bertz CT molecular complexity index is 752. The minimum atomic E-state index is -0.204. The first-order valence-corrected chi connectivity index (χ1v) is 6.32. The summed E-state index contributed by atoms with van der Waals surface area (Å²) in [5.74, 6) is 0.420. The van der Waals surface area contributed by atoms with E-state index in [1.807, 2.05) is 13.0 Å². The van der Waals surface area contributed by atoms with Crippen LogP contribution in [0.3, 0.4) is 0 Å². The van der Waals surface area contributed by atoms with Crippen molar-refractivity contribution in [1.82, 2.24) is 19.6 Å². The van der Waals surface area contributed by atoms with Gasteiger partial charge in [0.25, 0.3) is 0 Å². The van der Waals surface area contributed by atoms with E-state index < -0.39 is 0 Å². The maximum absolute atomic E-state index is 13.6. The van der Waals surface area contributed by atoms with E-state index >= 15 is 0 Å². The monoisotopic (exact) mass is 271 g/mol. The summed E-state index contributed by atoms with van der Waals surface area (Å²) >= 11 is 0. The SMILES string of the molecule is Cc1ccc(C(C)Nc2nccn3cnnc23)cc1F. The third-order valence-corrected chi connectivity index (χ3v) is 3.26. The van der Waals surface area contributed by atoms with Crippen molar-refractivity contribution in [2.75, 3.05) is 5.32 Å². The van der Waals surface area contributed by atoms with Crippen LogP contribution in [-0.4, -0.2) is 19.6 Å². The number of anilines is 1. The van der Waals surface area contributed by atoms with Crippen LogP contribution in [0.4, 0.5) is 10.2 Å². The molecular weight excluding hydrogens is 257 g/mol.